The van der Waals surface area contributed by atoms with E-state index in [0.29, 0.717) is 6.42 Å². The van der Waals surface area contributed by atoms with Gasteiger partial charge in [0.1, 0.15) is 0 Å². The summed E-state index contributed by atoms with van der Waals surface area (Å²) in [4.78, 5) is 10.4. The van der Waals surface area contributed by atoms with E-state index in [1.54, 1.807) is 6.92 Å². The van der Waals surface area contributed by atoms with Gasteiger partial charge in [0.25, 0.3) is 0 Å². The van der Waals surface area contributed by atoms with Crippen LogP contribution in [0.1, 0.15) is 13.3 Å². The molecule has 0 heterocycles. The predicted molar refractivity (Wildman–Crippen MR) is 33.9 cm³/mol. The molecule has 0 radical (unpaired) electrons. The van der Waals surface area contributed by atoms with Crippen LogP contribution in [-0.2, 0) is 8.52 Å². The number of rotatable bonds is 2. The molecule has 0 rings (SSSR count). The number of carbonyl (C=O) groups excluding carboxylic acids is 1. The molecule has 8 heavy (non-hydrogen) atoms. The van der Waals surface area contributed by atoms with E-state index < -0.39 is 15.0 Å². The maximum absolute atomic E-state index is 10.4. The molecule has 0 N–H and O–H groups in total. The molecule has 0 saturated heterocycles. The van der Waals surface area contributed by atoms with Crippen LogP contribution in [0.4, 0.5) is 0 Å². The van der Waals surface area contributed by atoms with Gasteiger partial charge in [0.15, 0.2) is 0 Å². The van der Waals surface area contributed by atoms with Gasteiger partial charge in [-0.2, -0.15) is 0 Å². The first kappa shape index (κ1) is 8.03. The minimum atomic E-state index is -1.15. The zero-order chi connectivity index (χ0) is 6.57. The van der Waals surface area contributed by atoms with Gasteiger partial charge < -0.3 is 0 Å². The summed E-state index contributed by atoms with van der Waals surface area (Å²) in [5.41, 5.74) is 3.97. The van der Waals surface area contributed by atoms with Crippen LogP contribution in [0.5, 0.6) is 0 Å². The first-order valence-corrected chi connectivity index (χ1v) is 7.07. The van der Waals surface area contributed by atoms with Crippen LogP contribution in [0.15, 0.2) is 0 Å². The van der Waals surface area contributed by atoms with Crippen molar-refractivity contribution < 1.29 is 8.52 Å². The molecule has 48 valence electrons. The monoisotopic (exact) mass is 178 g/mol. The van der Waals surface area contributed by atoms with Gasteiger partial charge in [-0.15, -0.1) is 0 Å². The van der Waals surface area contributed by atoms with Crippen molar-refractivity contribution in [2.45, 2.75) is 24.8 Å². The van der Waals surface area contributed by atoms with Gasteiger partial charge in [0.05, 0.1) is 0 Å². The zero-order valence-corrected chi connectivity index (χ0v) is 7.35. The second kappa shape index (κ2) is 3.96. The van der Waals surface area contributed by atoms with E-state index in [9.17, 15) is 4.79 Å². The number of hydrogen-bond acceptors (Lipinski definition) is 2. The summed E-state index contributed by atoms with van der Waals surface area (Å²) in [6, 6.07) is 0. The molecule has 0 bridgehead atoms. The molecule has 0 aromatic heterocycles. The SMILES string of the molecule is CCC(=O)O[As](C)C. The third-order valence-corrected chi connectivity index (χ3v) is 1.77. The second-order valence-electron chi connectivity index (χ2n) is 1.63. The molecular weight excluding hydrogens is 167 g/mol. The van der Waals surface area contributed by atoms with Gasteiger partial charge in [-0.3, -0.25) is 0 Å². The second-order valence-corrected chi connectivity index (χ2v) is 5.42. The minimum absolute atomic E-state index is 0.0602. The fourth-order valence-electron chi connectivity index (χ4n) is 0.268. The van der Waals surface area contributed by atoms with Crippen molar-refractivity contribution in [3.63, 3.8) is 0 Å². The first-order valence-electron chi connectivity index (χ1n) is 2.55. The summed E-state index contributed by atoms with van der Waals surface area (Å²) in [6.07, 6.45) is 0.507. The van der Waals surface area contributed by atoms with E-state index in [1.807, 2.05) is 11.4 Å². The number of carbonyl (C=O) groups is 1. The number of hydrogen-bond donors (Lipinski definition) is 0. The molecular formula is C5H11AsO2. The molecule has 0 unspecified atom stereocenters. The topological polar surface area (TPSA) is 26.3 Å². The summed E-state index contributed by atoms with van der Waals surface area (Å²) >= 11 is -1.15. The van der Waals surface area contributed by atoms with Crippen LogP contribution in [0.2, 0.25) is 11.4 Å². The molecule has 2 nitrogen and oxygen atoms in total. The van der Waals surface area contributed by atoms with Gasteiger partial charge in [-0.05, 0) is 0 Å². The molecule has 0 atom stereocenters. The molecule has 0 aliphatic rings. The molecule has 0 fully saturated rings. The standard InChI is InChI=1S/C5H11AsO2/c1-4-5(7)8-6(2)3/h4H2,1-3H3. The fourth-order valence-corrected chi connectivity index (χ4v) is 1.39. The van der Waals surface area contributed by atoms with E-state index in [2.05, 4.69) is 0 Å². The van der Waals surface area contributed by atoms with Crippen LogP contribution in [0.25, 0.3) is 0 Å². The Morgan fingerprint density at radius 2 is 2.12 bits per heavy atom. The van der Waals surface area contributed by atoms with Crippen molar-refractivity contribution in [2.24, 2.45) is 0 Å². The first-order chi connectivity index (χ1) is 3.66. The normalized spacial score (nSPS) is 9.50. The summed E-state index contributed by atoms with van der Waals surface area (Å²) < 4.78 is 4.91. The molecule has 0 spiro atoms. The summed E-state index contributed by atoms with van der Waals surface area (Å²) in [5, 5.41) is 0. The Labute approximate surface area is 54.8 Å². The van der Waals surface area contributed by atoms with E-state index >= 15 is 0 Å². The Kier molecular flexibility index (Phi) is 3.98. The molecule has 0 saturated carbocycles. The summed E-state index contributed by atoms with van der Waals surface area (Å²) in [7, 11) is 0. The quantitative estimate of drug-likeness (QED) is 0.593. The van der Waals surface area contributed by atoms with Gasteiger partial charge >= 0.3 is 54.3 Å². The van der Waals surface area contributed by atoms with E-state index in [1.165, 1.54) is 0 Å². The van der Waals surface area contributed by atoms with Gasteiger partial charge in [-0.25, -0.2) is 0 Å². The third kappa shape index (κ3) is 4.19. The van der Waals surface area contributed by atoms with Crippen molar-refractivity contribution in [2.75, 3.05) is 0 Å². The van der Waals surface area contributed by atoms with Crippen LogP contribution < -0.4 is 0 Å². The molecule has 0 amide bonds. The van der Waals surface area contributed by atoms with Gasteiger partial charge in [0.2, 0.25) is 0 Å². The Morgan fingerprint density at radius 1 is 1.62 bits per heavy atom. The fraction of sp³-hybridized carbons (Fsp3) is 0.800. The molecule has 0 aliphatic heterocycles. The van der Waals surface area contributed by atoms with Crippen LogP contribution in [0.3, 0.4) is 0 Å². The molecule has 0 aromatic rings. The Balaban J connectivity index is 3.25. The Morgan fingerprint density at radius 3 is 2.25 bits per heavy atom. The average molecular weight is 178 g/mol. The van der Waals surface area contributed by atoms with Crippen molar-refractivity contribution in [1.82, 2.24) is 0 Å². The van der Waals surface area contributed by atoms with Crippen molar-refractivity contribution >= 4 is 21.0 Å². The third-order valence-electron chi connectivity index (χ3n) is 0.573. The predicted octanol–water partition coefficient (Wildman–Crippen LogP) is 1.19. The molecule has 3 heteroatoms. The van der Waals surface area contributed by atoms with Gasteiger partial charge in [0, 0.05) is 0 Å². The van der Waals surface area contributed by atoms with E-state index in [-0.39, 0.29) is 5.97 Å². The average Bonchev–Trinajstić information content (AvgIpc) is 1.65. The van der Waals surface area contributed by atoms with E-state index in [4.69, 9.17) is 3.73 Å². The summed E-state index contributed by atoms with van der Waals surface area (Å²) in [6.45, 7) is 1.81. The van der Waals surface area contributed by atoms with Crippen LogP contribution in [-0.4, -0.2) is 21.0 Å². The van der Waals surface area contributed by atoms with Crippen LogP contribution >= 0.6 is 0 Å². The Hall–Kier alpha value is 0.0284. The van der Waals surface area contributed by atoms with Gasteiger partial charge in [-0.1, -0.05) is 0 Å². The van der Waals surface area contributed by atoms with Crippen molar-refractivity contribution in [1.29, 1.82) is 0 Å². The van der Waals surface area contributed by atoms with E-state index in [0.717, 1.165) is 0 Å². The summed E-state index contributed by atoms with van der Waals surface area (Å²) in [5.74, 6) is -0.0602. The maximum atomic E-state index is 10.4. The molecule has 0 aromatic carbocycles. The molecule has 0 aliphatic carbocycles. The van der Waals surface area contributed by atoms with Crippen molar-refractivity contribution in [3.05, 3.63) is 0 Å². The van der Waals surface area contributed by atoms with Crippen molar-refractivity contribution in [3.8, 4) is 0 Å². The zero-order valence-electron chi connectivity index (χ0n) is 5.47. The Bertz CT molecular complexity index is 80.5. The van der Waals surface area contributed by atoms with Crippen LogP contribution in [0, 0.1) is 0 Å².